The number of H-pyrrole nitrogens is 1. The van der Waals surface area contributed by atoms with Gasteiger partial charge >= 0.3 is 0 Å². The normalized spacial score (nSPS) is 12.5. The van der Waals surface area contributed by atoms with Crippen molar-refractivity contribution >= 4 is 21.9 Å². The van der Waals surface area contributed by atoms with Crippen LogP contribution in [0.2, 0.25) is 0 Å². The molecule has 4 heterocycles. The zero-order chi connectivity index (χ0) is 20.8. The molecule has 1 atom stereocenters. The molecule has 5 aromatic rings. The van der Waals surface area contributed by atoms with Crippen LogP contribution < -0.4 is 4.74 Å². The molecular formula is C21H18FN7O. The van der Waals surface area contributed by atoms with Crippen molar-refractivity contribution in [1.82, 2.24) is 34.9 Å². The summed E-state index contributed by atoms with van der Waals surface area (Å²) in [6, 6.07) is 4.89. The fourth-order valence-electron chi connectivity index (χ4n) is 3.53. The number of rotatable bonds is 4. The van der Waals surface area contributed by atoms with Gasteiger partial charge in [-0.05, 0) is 26.0 Å². The highest BCUT2D eigenvalue weighted by Gasteiger charge is 2.19. The number of aromatic nitrogens is 7. The smallest absolute Gasteiger partial charge is 0.167 e. The molecule has 1 unspecified atom stereocenters. The molecule has 0 aliphatic carbocycles. The molecule has 1 N–H and O–H groups in total. The van der Waals surface area contributed by atoms with Gasteiger partial charge < -0.3 is 4.74 Å². The number of aryl methyl sites for hydroxylation is 2. The number of nitrogens with zero attached hydrogens (tertiary/aromatic N) is 6. The van der Waals surface area contributed by atoms with Crippen LogP contribution in [0.3, 0.4) is 0 Å². The van der Waals surface area contributed by atoms with Crippen LogP contribution in [0.5, 0.6) is 5.75 Å². The lowest BCUT2D eigenvalue weighted by Crippen LogP contribution is -2.09. The first-order valence-electron chi connectivity index (χ1n) is 9.41. The molecule has 0 saturated carbocycles. The van der Waals surface area contributed by atoms with Gasteiger partial charge in [-0.15, -0.1) is 0 Å². The fourth-order valence-corrected chi connectivity index (χ4v) is 3.53. The lowest BCUT2D eigenvalue weighted by molar-refractivity contribution is 0.213. The minimum absolute atomic E-state index is 0.113. The average Bonchev–Trinajstić information content (AvgIpc) is 3.33. The number of fused-ring (bicyclic) bond motifs is 2. The van der Waals surface area contributed by atoms with Gasteiger partial charge in [0.2, 0.25) is 0 Å². The van der Waals surface area contributed by atoms with Crippen molar-refractivity contribution in [1.29, 1.82) is 0 Å². The number of halogens is 1. The van der Waals surface area contributed by atoms with E-state index >= 15 is 0 Å². The van der Waals surface area contributed by atoms with E-state index in [4.69, 9.17) is 4.74 Å². The third-order valence-electron chi connectivity index (χ3n) is 4.89. The summed E-state index contributed by atoms with van der Waals surface area (Å²) in [6.45, 7) is 3.69. The molecule has 0 bridgehead atoms. The third-order valence-corrected chi connectivity index (χ3v) is 4.89. The van der Waals surface area contributed by atoms with Gasteiger partial charge in [0.25, 0.3) is 0 Å². The standard InChI is InChI=1S/C21H18FN7O/c1-11-6-17-21(24-5-4-23-17)19(26-11)12(2)30-18-7-14-16(8-15(18)22)27-28-20(14)13-9-25-29(3)10-13/h4-10,12H,1-3H3,(H,27,28). The molecule has 0 saturated heterocycles. The molecule has 9 heteroatoms. The molecule has 0 aliphatic heterocycles. The zero-order valence-corrected chi connectivity index (χ0v) is 16.6. The van der Waals surface area contributed by atoms with Crippen molar-refractivity contribution in [2.75, 3.05) is 0 Å². The summed E-state index contributed by atoms with van der Waals surface area (Å²) in [6.07, 6.45) is 6.26. The maximum atomic E-state index is 14.8. The van der Waals surface area contributed by atoms with Crippen LogP contribution in [-0.2, 0) is 7.05 Å². The minimum atomic E-state index is -0.537. The first kappa shape index (κ1) is 18.2. The van der Waals surface area contributed by atoms with Crippen molar-refractivity contribution in [3.63, 3.8) is 0 Å². The predicted octanol–water partition coefficient (Wildman–Crippen LogP) is 3.89. The molecular weight excluding hydrogens is 385 g/mol. The molecule has 8 nitrogen and oxygen atoms in total. The lowest BCUT2D eigenvalue weighted by Gasteiger charge is -2.16. The number of ether oxygens (including phenoxy) is 1. The van der Waals surface area contributed by atoms with Gasteiger partial charge in [-0.3, -0.25) is 24.7 Å². The van der Waals surface area contributed by atoms with Gasteiger partial charge in [-0.25, -0.2) is 4.39 Å². The quantitative estimate of drug-likeness (QED) is 0.489. The first-order valence-corrected chi connectivity index (χ1v) is 9.41. The summed E-state index contributed by atoms with van der Waals surface area (Å²) in [4.78, 5) is 13.3. The summed E-state index contributed by atoms with van der Waals surface area (Å²) in [5, 5.41) is 12.1. The van der Waals surface area contributed by atoms with Gasteiger partial charge in [0.15, 0.2) is 11.6 Å². The third kappa shape index (κ3) is 3.04. The van der Waals surface area contributed by atoms with Crippen molar-refractivity contribution in [3.8, 4) is 17.0 Å². The Morgan fingerprint density at radius 2 is 2.00 bits per heavy atom. The highest BCUT2D eigenvalue weighted by Crippen LogP contribution is 2.33. The molecule has 4 aromatic heterocycles. The number of aromatic amines is 1. The summed E-state index contributed by atoms with van der Waals surface area (Å²) in [5.41, 5.74) is 4.85. The van der Waals surface area contributed by atoms with E-state index in [9.17, 15) is 4.39 Å². The SMILES string of the molecule is Cc1cc2nccnc2c(C(C)Oc2cc3c(-c4cnn(C)c4)n[nH]c3cc2F)n1. The van der Waals surface area contributed by atoms with Gasteiger partial charge in [0, 0.05) is 48.3 Å². The predicted molar refractivity (Wildman–Crippen MR) is 109 cm³/mol. The lowest BCUT2D eigenvalue weighted by atomic mass is 10.1. The van der Waals surface area contributed by atoms with Gasteiger partial charge in [-0.2, -0.15) is 10.2 Å². The fraction of sp³-hybridized carbons (Fsp3) is 0.190. The van der Waals surface area contributed by atoms with E-state index in [0.29, 0.717) is 22.4 Å². The molecule has 5 rings (SSSR count). The largest absolute Gasteiger partial charge is 0.481 e. The van der Waals surface area contributed by atoms with E-state index in [2.05, 4.69) is 30.2 Å². The molecule has 0 amide bonds. The highest BCUT2D eigenvalue weighted by molar-refractivity contribution is 5.93. The Balaban J connectivity index is 1.56. The number of nitrogens with one attached hydrogen (secondary N) is 1. The van der Waals surface area contributed by atoms with E-state index in [1.165, 1.54) is 6.07 Å². The molecule has 150 valence electrons. The van der Waals surface area contributed by atoms with Crippen molar-refractivity contribution < 1.29 is 9.13 Å². The van der Waals surface area contributed by atoms with E-state index in [-0.39, 0.29) is 5.75 Å². The molecule has 0 radical (unpaired) electrons. The average molecular weight is 403 g/mol. The minimum Gasteiger partial charge on any atom is -0.481 e. The van der Waals surface area contributed by atoms with E-state index in [1.807, 2.05) is 33.2 Å². The van der Waals surface area contributed by atoms with Crippen LogP contribution >= 0.6 is 0 Å². The second-order valence-electron chi connectivity index (χ2n) is 7.14. The highest BCUT2D eigenvalue weighted by atomic mass is 19.1. The molecule has 0 fully saturated rings. The van der Waals surface area contributed by atoms with Crippen LogP contribution in [-0.4, -0.2) is 34.9 Å². The molecule has 0 aliphatic rings. The number of hydrogen-bond donors (Lipinski definition) is 1. The Kier molecular flexibility index (Phi) is 4.16. The van der Waals surface area contributed by atoms with Gasteiger partial charge in [-0.1, -0.05) is 0 Å². The maximum absolute atomic E-state index is 14.8. The Morgan fingerprint density at radius 3 is 2.80 bits per heavy atom. The Morgan fingerprint density at radius 1 is 1.17 bits per heavy atom. The van der Waals surface area contributed by atoms with Crippen LogP contribution in [0, 0.1) is 12.7 Å². The van der Waals surface area contributed by atoms with Gasteiger partial charge in [0.1, 0.15) is 23.0 Å². The Bertz CT molecular complexity index is 1390. The number of benzene rings is 1. The second kappa shape index (κ2) is 6.87. The van der Waals surface area contributed by atoms with Gasteiger partial charge in [0.05, 0.1) is 17.2 Å². The summed E-state index contributed by atoms with van der Waals surface area (Å²) in [7, 11) is 1.83. The second-order valence-corrected chi connectivity index (χ2v) is 7.14. The monoisotopic (exact) mass is 403 g/mol. The number of hydrogen-bond acceptors (Lipinski definition) is 6. The van der Waals surface area contributed by atoms with E-state index in [1.54, 1.807) is 29.3 Å². The topological polar surface area (TPSA) is 94.4 Å². The van der Waals surface area contributed by atoms with Crippen LogP contribution in [0.1, 0.15) is 24.4 Å². The molecule has 0 spiro atoms. The Labute approximate surface area is 170 Å². The summed E-state index contributed by atoms with van der Waals surface area (Å²) in [5.74, 6) is -0.374. The van der Waals surface area contributed by atoms with Crippen LogP contribution in [0.15, 0.2) is 43.0 Å². The Hall–Kier alpha value is -3.88. The summed E-state index contributed by atoms with van der Waals surface area (Å²) >= 11 is 0. The summed E-state index contributed by atoms with van der Waals surface area (Å²) < 4.78 is 22.5. The first-order chi connectivity index (χ1) is 14.5. The zero-order valence-electron chi connectivity index (χ0n) is 16.6. The van der Waals surface area contributed by atoms with Crippen LogP contribution in [0.25, 0.3) is 33.2 Å². The molecule has 1 aromatic carbocycles. The van der Waals surface area contributed by atoms with Crippen molar-refractivity contribution in [2.45, 2.75) is 20.0 Å². The van der Waals surface area contributed by atoms with E-state index < -0.39 is 11.9 Å². The van der Waals surface area contributed by atoms with E-state index in [0.717, 1.165) is 22.2 Å². The maximum Gasteiger partial charge on any atom is 0.167 e. The van der Waals surface area contributed by atoms with Crippen molar-refractivity contribution in [2.24, 2.45) is 7.05 Å². The number of pyridine rings is 1. The molecule has 30 heavy (non-hydrogen) atoms. The van der Waals surface area contributed by atoms with Crippen molar-refractivity contribution in [3.05, 3.63) is 60.2 Å². The van der Waals surface area contributed by atoms with Crippen LogP contribution in [0.4, 0.5) is 4.39 Å².